The topological polar surface area (TPSA) is 78.9 Å². The molecule has 0 aromatic heterocycles. The largest absolute Gasteiger partial charge is 0.496 e. The maximum Gasteiger partial charge on any atom is 0.324 e. The van der Waals surface area contributed by atoms with Crippen LogP contribution in [0.5, 0.6) is 11.5 Å². The van der Waals surface area contributed by atoms with Crippen molar-refractivity contribution in [2.75, 3.05) is 20.8 Å². The number of hydrogen-bond donors (Lipinski definition) is 0. The van der Waals surface area contributed by atoms with E-state index in [4.69, 9.17) is 14.2 Å². The van der Waals surface area contributed by atoms with Gasteiger partial charge in [-0.05, 0) is 42.7 Å². The van der Waals surface area contributed by atoms with Gasteiger partial charge in [0.05, 0.1) is 26.7 Å². The van der Waals surface area contributed by atoms with E-state index < -0.39 is 25.5 Å². The molecule has 0 fully saturated rings. The van der Waals surface area contributed by atoms with Crippen molar-refractivity contribution in [2.24, 2.45) is 23.2 Å². The van der Waals surface area contributed by atoms with Crippen molar-refractivity contribution in [2.45, 2.75) is 60.0 Å². The summed E-state index contributed by atoms with van der Waals surface area (Å²) in [7, 11) is 2.46. The van der Waals surface area contributed by atoms with Crippen molar-refractivity contribution in [1.82, 2.24) is 0 Å². The summed E-state index contributed by atoms with van der Waals surface area (Å²) < 4.78 is 28.6. The lowest BCUT2D eigenvalue weighted by atomic mass is 9.77. The molecule has 1 aromatic rings. The molecule has 3 atom stereocenters. The summed E-state index contributed by atoms with van der Waals surface area (Å²) in [5.41, 5.74) is 0.331. The van der Waals surface area contributed by atoms with Crippen LogP contribution >= 0.6 is 8.46 Å². The van der Waals surface area contributed by atoms with Crippen LogP contribution in [0.1, 0.15) is 65.2 Å². The van der Waals surface area contributed by atoms with Crippen LogP contribution in [0.4, 0.5) is 0 Å². The lowest BCUT2D eigenvalue weighted by molar-refractivity contribution is -0.149. The number of methoxy groups -OCH3 is 2. The monoisotopic (exact) mass is 452 g/mol. The summed E-state index contributed by atoms with van der Waals surface area (Å²) >= 11 is 0. The molecule has 0 spiro atoms. The maximum atomic E-state index is 13.7. The van der Waals surface area contributed by atoms with Crippen LogP contribution in [0.2, 0.25) is 0 Å². The molecule has 0 saturated carbocycles. The molecular weight excluding hydrogens is 415 g/mol. The zero-order valence-electron chi connectivity index (χ0n) is 20.3. The lowest BCUT2D eigenvalue weighted by Crippen LogP contribution is -2.46. The van der Waals surface area contributed by atoms with Gasteiger partial charge in [-0.1, -0.05) is 47.6 Å². The third-order valence-corrected chi connectivity index (χ3v) is 6.13. The van der Waals surface area contributed by atoms with Gasteiger partial charge in [0.15, 0.2) is 19.4 Å². The second-order valence-corrected chi connectivity index (χ2v) is 10.9. The SMILES string of the molecule is COc1cccc(OC)c1C(=O)C(C(C)C)C(C)(P=O)C(=O)OCC(C)CC(C)(C)C. The fourth-order valence-corrected chi connectivity index (χ4v) is 4.81. The summed E-state index contributed by atoms with van der Waals surface area (Å²) in [5, 5.41) is -1.54. The number of hydrogen-bond acceptors (Lipinski definition) is 6. The summed E-state index contributed by atoms with van der Waals surface area (Å²) in [6, 6.07) is 5.03. The molecule has 3 unspecified atom stereocenters. The fourth-order valence-electron chi connectivity index (χ4n) is 4.15. The van der Waals surface area contributed by atoms with Gasteiger partial charge in [-0.15, -0.1) is 0 Å². The van der Waals surface area contributed by atoms with E-state index in [1.165, 1.54) is 21.1 Å². The number of ether oxygens (including phenoxy) is 3. The number of rotatable bonds is 11. The third-order valence-electron chi connectivity index (χ3n) is 5.29. The predicted octanol–water partition coefficient (Wildman–Crippen LogP) is 5.82. The maximum absolute atomic E-state index is 13.7. The van der Waals surface area contributed by atoms with E-state index in [0.29, 0.717) is 11.5 Å². The molecule has 0 saturated heterocycles. The average Bonchev–Trinajstić information content (AvgIpc) is 2.69. The third kappa shape index (κ3) is 6.77. The number of esters is 1. The molecule has 0 N–H and O–H groups in total. The molecule has 174 valence electrons. The summed E-state index contributed by atoms with van der Waals surface area (Å²) in [6.45, 7) is 13.8. The zero-order chi connectivity index (χ0) is 24.0. The Morgan fingerprint density at radius 1 is 1.00 bits per heavy atom. The highest BCUT2D eigenvalue weighted by Crippen LogP contribution is 2.42. The van der Waals surface area contributed by atoms with Gasteiger partial charge in [0.2, 0.25) is 0 Å². The molecule has 1 aromatic carbocycles. The summed E-state index contributed by atoms with van der Waals surface area (Å²) in [6.07, 6.45) is 0.872. The van der Waals surface area contributed by atoms with Crippen LogP contribution in [0.15, 0.2) is 18.2 Å². The minimum atomic E-state index is -1.54. The van der Waals surface area contributed by atoms with Gasteiger partial charge in [0.25, 0.3) is 0 Å². The molecule has 0 radical (unpaired) electrons. The Morgan fingerprint density at radius 2 is 1.52 bits per heavy atom. The first kappa shape index (κ1) is 27.1. The Labute approximate surface area is 188 Å². The Hall–Kier alpha value is -1.94. The molecule has 0 aliphatic rings. The Kier molecular flexibility index (Phi) is 9.69. The van der Waals surface area contributed by atoms with Crippen molar-refractivity contribution < 1.29 is 28.4 Å². The van der Waals surface area contributed by atoms with Gasteiger partial charge in [-0.3, -0.25) is 14.2 Å². The fraction of sp³-hybridized carbons (Fsp3) is 0.667. The average molecular weight is 453 g/mol. The van der Waals surface area contributed by atoms with Gasteiger partial charge in [0, 0.05) is 0 Å². The van der Waals surface area contributed by atoms with E-state index in [2.05, 4.69) is 20.8 Å². The normalized spacial score (nSPS) is 15.8. The van der Waals surface area contributed by atoms with Gasteiger partial charge in [0.1, 0.15) is 17.1 Å². The van der Waals surface area contributed by atoms with Crippen LogP contribution in [0.3, 0.4) is 0 Å². The highest BCUT2D eigenvalue weighted by molar-refractivity contribution is 7.27. The molecule has 6 nitrogen and oxygen atoms in total. The van der Waals surface area contributed by atoms with Gasteiger partial charge in [-0.2, -0.15) is 0 Å². The van der Waals surface area contributed by atoms with Crippen molar-refractivity contribution >= 4 is 20.2 Å². The lowest BCUT2D eigenvalue weighted by Gasteiger charge is -2.33. The first-order valence-electron chi connectivity index (χ1n) is 10.6. The minimum Gasteiger partial charge on any atom is -0.496 e. The highest BCUT2D eigenvalue weighted by atomic mass is 31.1. The van der Waals surface area contributed by atoms with Crippen molar-refractivity contribution in [3.8, 4) is 11.5 Å². The molecule has 0 amide bonds. The van der Waals surface area contributed by atoms with Gasteiger partial charge >= 0.3 is 5.97 Å². The molecule has 1 rings (SSSR count). The number of ketones is 1. The molecule has 0 aliphatic carbocycles. The van der Waals surface area contributed by atoms with Crippen molar-refractivity contribution in [3.63, 3.8) is 0 Å². The Bertz CT molecular complexity index is 761. The highest BCUT2D eigenvalue weighted by Gasteiger charge is 2.50. The van der Waals surface area contributed by atoms with Gasteiger partial charge in [-0.25, -0.2) is 0 Å². The molecule has 7 heteroatoms. The minimum absolute atomic E-state index is 0.1000. The predicted molar refractivity (Wildman–Crippen MR) is 122 cm³/mol. The van der Waals surface area contributed by atoms with Crippen LogP contribution in [0, 0.1) is 23.2 Å². The standard InChI is InChI=1S/C24H37O6P/c1-15(2)20(21(25)19-17(28-8)11-10-12-18(19)29-9)24(7,31-27)22(26)30-14-16(3)13-23(4,5)6/h10-12,15-16,20H,13-14H2,1-9H3. The smallest absolute Gasteiger partial charge is 0.324 e. The Morgan fingerprint density at radius 3 is 1.90 bits per heavy atom. The number of carbonyl (C=O) groups excluding carboxylic acids is 2. The summed E-state index contributed by atoms with van der Waals surface area (Å²) in [4.78, 5) is 26.8. The molecular formula is C24H37O6P. The molecule has 0 aliphatic heterocycles. The second kappa shape index (κ2) is 11.1. The molecule has 31 heavy (non-hydrogen) atoms. The number of carbonyl (C=O) groups is 2. The quantitative estimate of drug-likeness (QED) is 0.239. The van der Waals surface area contributed by atoms with Crippen LogP contribution in [-0.4, -0.2) is 37.7 Å². The van der Waals surface area contributed by atoms with E-state index in [0.717, 1.165) is 6.42 Å². The van der Waals surface area contributed by atoms with Crippen LogP contribution < -0.4 is 9.47 Å². The zero-order valence-corrected chi connectivity index (χ0v) is 21.2. The van der Waals surface area contributed by atoms with Gasteiger partial charge < -0.3 is 14.2 Å². The van der Waals surface area contributed by atoms with E-state index >= 15 is 0 Å². The van der Waals surface area contributed by atoms with Crippen molar-refractivity contribution in [3.05, 3.63) is 23.8 Å². The number of Topliss-reactive ketones (excluding diaryl/α,β-unsaturated/α-hetero) is 1. The van der Waals surface area contributed by atoms with E-state index in [9.17, 15) is 14.2 Å². The first-order chi connectivity index (χ1) is 14.3. The molecule has 0 bridgehead atoms. The van der Waals surface area contributed by atoms with Crippen molar-refractivity contribution in [1.29, 1.82) is 0 Å². The van der Waals surface area contributed by atoms with E-state index in [1.54, 1.807) is 18.2 Å². The second-order valence-electron chi connectivity index (χ2n) is 9.83. The molecule has 0 heterocycles. The van der Waals surface area contributed by atoms with Crippen LogP contribution in [-0.2, 0) is 14.1 Å². The number of benzene rings is 1. The van der Waals surface area contributed by atoms with E-state index in [-0.39, 0.29) is 35.2 Å². The van der Waals surface area contributed by atoms with Crippen LogP contribution in [0.25, 0.3) is 0 Å². The summed E-state index contributed by atoms with van der Waals surface area (Å²) in [5.74, 6) is -1.38. The Balaban J connectivity index is 3.28. The van der Waals surface area contributed by atoms with E-state index in [1.807, 2.05) is 20.8 Å². The first-order valence-corrected chi connectivity index (χ1v) is 11.4.